The van der Waals surface area contributed by atoms with Gasteiger partial charge in [-0.05, 0) is 51.4 Å². The van der Waals surface area contributed by atoms with Crippen LogP contribution in [0.4, 0.5) is 0 Å². The minimum atomic E-state index is -3.71. The third-order valence-electron chi connectivity index (χ3n) is 4.81. The molecule has 1 aliphatic heterocycles. The average Bonchev–Trinajstić information content (AvgIpc) is 2.52. The van der Waals surface area contributed by atoms with Crippen LogP contribution in [-0.4, -0.2) is 61.9 Å². The van der Waals surface area contributed by atoms with E-state index in [2.05, 4.69) is 4.90 Å². The molecule has 0 amide bonds. The van der Waals surface area contributed by atoms with Gasteiger partial charge in [-0.1, -0.05) is 23.7 Å². The molecule has 1 aromatic rings. The van der Waals surface area contributed by atoms with Gasteiger partial charge in [-0.2, -0.15) is 4.31 Å². The van der Waals surface area contributed by atoms with Crippen molar-refractivity contribution in [2.75, 3.05) is 27.2 Å². The molecular weight excluding hydrogens is 364 g/mol. The monoisotopic (exact) mass is 388 g/mol. The maximum Gasteiger partial charge on any atom is 0.303 e. The van der Waals surface area contributed by atoms with Crippen LogP contribution in [0.2, 0.25) is 5.02 Å². The van der Waals surface area contributed by atoms with Crippen molar-refractivity contribution in [2.45, 2.75) is 37.1 Å². The zero-order valence-electron chi connectivity index (χ0n) is 14.8. The third-order valence-corrected chi connectivity index (χ3v) is 7.31. The maximum atomic E-state index is 13.1. The Morgan fingerprint density at radius 1 is 1.40 bits per heavy atom. The van der Waals surface area contributed by atoms with Gasteiger partial charge < -0.3 is 10.0 Å². The Labute approximate surface area is 154 Å². The number of halogens is 1. The van der Waals surface area contributed by atoms with Gasteiger partial charge in [0.25, 0.3) is 0 Å². The van der Waals surface area contributed by atoms with Gasteiger partial charge in [-0.15, -0.1) is 0 Å². The van der Waals surface area contributed by atoms with E-state index < -0.39 is 16.0 Å². The molecule has 8 heteroatoms. The van der Waals surface area contributed by atoms with Crippen molar-refractivity contribution in [1.82, 2.24) is 9.21 Å². The molecular formula is C17H25ClN2O4S. The summed E-state index contributed by atoms with van der Waals surface area (Å²) in [5, 5.41) is 9.20. The molecule has 1 N–H and O–H groups in total. The Kier molecular flexibility index (Phi) is 6.48. The fourth-order valence-corrected chi connectivity index (χ4v) is 5.84. The summed E-state index contributed by atoms with van der Waals surface area (Å²) in [7, 11) is 0.182. The second-order valence-electron chi connectivity index (χ2n) is 6.76. The second kappa shape index (κ2) is 8.03. The van der Waals surface area contributed by atoms with E-state index in [9.17, 15) is 13.2 Å². The lowest BCUT2D eigenvalue weighted by atomic mass is 9.88. The Morgan fingerprint density at radius 2 is 2.08 bits per heavy atom. The summed E-state index contributed by atoms with van der Waals surface area (Å²) in [6, 6.07) is 5.20. The van der Waals surface area contributed by atoms with Gasteiger partial charge in [0.15, 0.2) is 0 Å². The van der Waals surface area contributed by atoms with Gasteiger partial charge in [-0.25, -0.2) is 8.42 Å². The quantitative estimate of drug-likeness (QED) is 0.809. The number of nitrogens with zero attached hydrogens (tertiary/aromatic N) is 2. The summed E-state index contributed by atoms with van der Waals surface area (Å²) in [6.45, 7) is 2.44. The molecule has 0 saturated carbocycles. The van der Waals surface area contributed by atoms with E-state index in [-0.39, 0.29) is 28.3 Å². The lowest BCUT2D eigenvalue weighted by Crippen LogP contribution is -2.50. The van der Waals surface area contributed by atoms with Gasteiger partial charge in [0.1, 0.15) is 4.90 Å². The van der Waals surface area contributed by atoms with E-state index >= 15 is 0 Å². The highest BCUT2D eigenvalue weighted by molar-refractivity contribution is 7.89. The molecule has 0 aliphatic carbocycles. The van der Waals surface area contributed by atoms with E-state index in [4.69, 9.17) is 16.7 Å². The van der Waals surface area contributed by atoms with Crippen LogP contribution in [0.5, 0.6) is 0 Å². The summed E-state index contributed by atoms with van der Waals surface area (Å²) >= 11 is 6.16. The number of rotatable bonds is 6. The van der Waals surface area contributed by atoms with E-state index in [1.165, 1.54) is 4.31 Å². The summed E-state index contributed by atoms with van der Waals surface area (Å²) in [5.41, 5.74) is 0.615. The molecule has 1 fully saturated rings. The number of carboxylic acid groups (broad SMARTS) is 1. The number of sulfonamides is 1. The zero-order chi connectivity index (χ0) is 18.8. The smallest absolute Gasteiger partial charge is 0.303 e. The van der Waals surface area contributed by atoms with Gasteiger partial charge in [0.2, 0.25) is 10.0 Å². The largest absolute Gasteiger partial charge is 0.481 e. The SMILES string of the molecule is Cc1cccc(Cl)c1S(=O)(=O)N1CC[C@@H](N(C)C)[C@@H](CCC(=O)O)C1. The van der Waals surface area contributed by atoms with Gasteiger partial charge >= 0.3 is 5.97 Å². The van der Waals surface area contributed by atoms with Gasteiger partial charge in [0, 0.05) is 25.6 Å². The molecule has 1 heterocycles. The number of piperidine rings is 1. The van der Waals surface area contributed by atoms with Crippen molar-refractivity contribution < 1.29 is 18.3 Å². The number of aliphatic carboxylic acids is 1. The normalized spacial score (nSPS) is 22.3. The molecule has 1 aliphatic rings. The zero-order valence-corrected chi connectivity index (χ0v) is 16.3. The highest BCUT2D eigenvalue weighted by Gasteiger charge is 2.37. The predicted octanol–water partition coefficient (Wildman–Crippen LogP) is 2.45. The predicted molar refractivity (Wildman–Crippen MR) is 97.4 cm³/mol. The Balaban J connectivity index is 2.29. The first-order chi connectivity index (χ1) is 11.6. The topological polar surface area (TPSA) is 77.9 Å². The number of hydrogen-bond donors (Lipinski definition) is 1. The molecule has 2 atom stereocenters. The molecule has 1 aromatic carbocycles. The number of carboxylic acids is 1. The molecule has 6 nitrogen and oxygen atoms in total. The lowest BCUT2D eigenvalue weighted by Gasteiger charge is -2.41. The van der Waals surface area contributed by atoms with Crippen LogP contribution in [0, 0.1) is 12.8 Å². The number of hydrogen-bond acceptors (Lipinski definition) is 4. The lowest BCUT2D eigenvalue weighted by molar-refractivity contribution is -0.137. The molecule has 25 heavy (non-hydrogen) atoms. The first-order valence-electron chi connectivity index (χ1n) is 8.28. The van der Waals surface area contributed by atoms with Crippen LogP contribution in [0.15, 0.2) is 23.1 Å². The Morgan fingerprint density at radius 3 is 2.64 bits per heavy atom. The minimum Gasteiger partial charge on any atom is -0.481 e. The van der Waals surface area contributed by atoms with Gasteiger partial charge in [0.05, 0.1) is 5.02 Å². The van der Waals surface area contributed by atoms with Gasteiger partial charge in [-0.3, -0.25) is 4.79 Å². The molecule has 0 radical (unpaired) electrons. The Hall–Kier alpha value is -1.15. The molecule has 0 unspecified atom stereocenters. The van der Waals surface area contributed by atoms with Crippen molar-refractivity contribution >= 4 is 27.6 Å². The highest BCUT2D eigenvalue weighted by atomic mass is 35.5. The summed E-state index contributed by atoms with van der Waals surface area (Å²) in [5.74, 6) is -0.892. The summed E-state index contributed by atoms with van der Waals surface area (Å²) < 4.78 is 27.7. The number of benzene rings is 1. The van der Waals surface area contributed by atoms with Crippen LogP contribution < -0.4 is 0 Å². The van der Waals surface area contributed by atoms with Crippen molar-refractivity contribution in [3.63, 3.8) is 0 Å². The second-order valence-corrected chi connectivity index (χ2v) is 9.04. The van der Waals surface area contributed by atoms with Crippen LogP contribution in [-0.2, 0) is 14.8 Å². The van der Waals surface area contributed by atoms with Crippen LogP contribution in [0.1, 0.15) is 24.8 Å². The minimum absolute atomic E-state index is 0.0302. The van der Waals surface area contributed by atoms with E-state index in [0.717, 1.165) is 0 Å². The average molecular weight is 389 g/mol. The first kappa shape index (κ1) is 20.2. The van der Waals surface area contributed by atoms with E-state index in [1.807, 2.05) is 14.1 Å². The van der Waals surface area contributed by atoms with E-state index in [1.54, 1.807) is 25.1 Å². The van der Waals surface area contributed by atoms with E-state index in [0.29, 0.717) is 31.5 Å². The third kappa shape index (κ3) is 4.53. The molecule has 140 valence electrons. The molecule has 0 bridgehead atoms. The van der Waals surface area contributed by atoms with Crippen molar-refractivity contribution in [3.8, 4) is 0 Å². The molecule has 0 spiro atoms. The number of carbonyl (C=O) groups is 1. The standard InChI is InChI=1S/C17H25ClN2O4S/c1-12-5-4-6-14(18)17(12)25(23,24)20-10-9-15(19(2)3)13(11-20)7-8-16(21)22/h4-6,13,15H,7-11H2,1-3H3,(H,21,22)/t13-,15+/m0/s1. The number of aryl methyl sites for hydroxylation is 1. The van der Waals surface area contributed by atoms with Crippen LogP contribution in [0.3, 0.4) is 0 Å². The van der Waals surface area contributed by atoms with Crippen LogP contribution in [0.25, 0.3) is 0 Å². The molecule has 0 aromatic heterocycles. The van der Waals surface area contributed by atoms with Crippen molar-refractivity contribution in [3.05, 3.63) is 28.8 Å². The summed E-state index contributed by atoms with van der Waals surface area (Å²) in [4.78, 5) is 13.1. The Bertz CT molecular complexity index is 716. The fraction of sp³-hybridized carbons (Fsp3) is 0.588. The molecule has 1 saturated heterocycles. The fourth-order valence-electron chi connectivity index (χ4n) is 3.55. The summed E-state index contributed by atoms with van der Waals surface area (Å²) in [6.07, 6.45) is 1.15. The maximum absolute atomic E-state index is 13.1. The van der Waals surface area contributed by atoms with Crippen molar-refractivity contribution in [2.24, 2.45) is 5.92 Å². The van der Waals surface area contributed by atoms with Crippen molar-refractivity contribution in [1.29, 1.82) is 0 Å². The first-order valence-corrected chi connectivity index (χ1v) is 10.1. The highest BCUT2D eigenvalue weighted by Crippen LogP contribution is 2.32. The van der Waals surface area contributed by atoms with Crippen LogP contribution >= 0.6 is 11.6 Å². The molecule has 2 rings (SSSR count).